The second-order valence-electron chi connectivity index (χ2n) is 5.25. The van der Waals surface area contributed by atoms with Crippen molar-refractivity contribution in [1.29, 1.82) is 0 Å². The molecule has 0 fully saturated rings. The Morgan fingerprint density at radius 1 is 1.17 bits per heavy atom. The van der Waals surface area contributed by atoms with Gasteiger partial charge in [-0.15, -0.1) is 0 Å². The Kier molecular flexibility index (Phi) is 6.03. The van der Waals surface area contributed by atoms with E-state index in [0.717, 1.165) is 11.3 Å². The van der Waals surface area contributed by atoms with Crippen LogP contribution in [0.15, 0.2) is 42.6 Å². The number of ether oxygens (including phenoxy) is 2. The zero-order valence-corrected chi connectivity index (χ0v) is 13.4. The standard InChI is InChI=1S/C17H19F3N2O2/c1-12(14-5-3-4-8-21-14)22-10-13-6-7-15(16(9-13)23-2)24-11-17(18,19)20/h3-9,12,22H,10-11H2,1-2H3. The van der Waals surface area contributed by atoms with Gasteiger partial charge in [-0.1, -0.05) is 12.1 Å². The molecule has 0 radical (unpaired) electrons. The third kappa shape index (κ3) is 5.42. The third-order valence-corrected chi connectivity index (χ3v) is 3.36. The first-order valence-electron chi connectivity index (χ1n) is 7.40. The fourth-order valence-corrected chi connectivity index (χ4v) is 2.11. The molecular weight excluding hydrogens is 321 g/mol. The van der Waals surface area contributed by atoms with Crippen LogP contribution in [0.2, 0.25) is 0 Å². The van der Waals surface area contributed by atoms with Gasteiger partial charge in [-0.05, 0) is 36.8 Å². The van der Waals surface area contributed by atoms with Crippen molar-refractivity contribution in [3.63, 3.8) is 0 Å². The second kappa shape index (κ2) is 8.01. The van der Waals surface area contributed by atoms with Crippen molar-refractivity contribution in [3.8, 4) is 11.5 Å². The van der Waals surface area contributed by atoms with Crippen molar-refractivity contribution >= 4 is 0 Å². The highest BCUT2D eigenvalue weighted by Crippen LogP contribution is 2.30. The van der Waals surface area contributed by atoms with E-state index in [1.807, 2.05) is 25.1 Å². The molecule has 7 heteroatoms. The van der Waals surface area contributed by atoms with Crippen LogP contribution in [-0.4, -0.2) is 24.9 Å². The van der Waals surface area contributed by atoms with Gasteiger partial charge in [0.2, 0.25) is 0 Å². The van der Waals surface area contributed by atoms with Crippen molar-refractivity contribution < 1.29 is 22.6 Å². The van der Waals surface area contributed by atoms with Crippen LogP contribution in [0.4, 0.5) is 13.2 Å². The maximum atomic E-state index is 12.2. The molecule has 0 aliphatic carbocycles. The maximum Gasteiger partial charge on any atom is 0.422 e. The van der Waals surface area contributed by atoms with E-state index in [0.29, 0.717) is 6.54 Å². The van der Waals surface area contributed by atoms with E-state index in [2.05, 4.69) is 10.3 Å². The summed E-state index contributed by atoms with van der Waals surface area (Å²) >= 11 is 0. The molecule has 1 N–H and O–H groups in total. The molecular formula is C17H19F3N2O2. The maximum absolute atomic E-state index is 12.2. The Morgan fingerprint density at radius 2 is 1.96 bits per heavy atom. The second-order valence-corrected chi connectivity index (χ2v) is 5.25. The smallest absolute Gasteiger partial charge is 0.422 e. The molecule has 0 saturated carbocycles. The highest BCUT2D eigenvalue weighted by molar-refractivity contribution is 5.43. The number of halogens is 3. The van der Waals surface area contributed by atoms with Crippen molar-refractivity contribution in [3.05, 3.63) is 53.9 Å². The molecule has 24 heavy (non-hydrogen) atoms. The molecule has 1 heterocycles. The minimum Gasteiger partial charge on any atom is -0.493 e. The van der Waals surface area contributed by atoms with E-state index in [1.165, 1.54) is 13.2 Å². The van der Waals surface area contributed by atoms with Gasteiger partial charge in [-0.3, -0.25) is 4.98 Å². The van der Waals surface area contributed by atoms with Gasteiger partial charge in [-0.2, -0.15) is 13.2 Å². The first-order chi connectivity index (χ1) is 11.4. The van der Waals surface area contributed by atoms with Crippen LogP contribution in [0.3, 0.4) is 0 Å². The van der Waals surface area contributed by atoms with Crippen LogP contribution in [0, 0.1) is 0 Å². The Hall–Kier alpha value is -2.28. The van der Waals surface area contributed by atoms with Crippen molar-refractivity contribution in [2.75, 3.05) is 13.7 Å². The van der Waals surface area contributed by atoms with Crippen LogP contribution in [0.25, 0.3) is 0 Å². The first kappa shape index (κ1) is 18.1. The number of pyridine rings is 1. The van der Waals surface area contributed by atoms with Crippen molar-refractivity contribution in [2.24, 2.45) is 0 Å². The summed E-state index contributed by atoms with van der Waals surface area (Å²) < 4.78 is 46.6. The van der Waals surface area contributed by atoms with Gasteiger partial charge in [0.05, 0.1) is 12.8 Å². The molecule has 0 bridgehead atoms. The lowest BCUT2D eigenvalue weighted by molar-refractivity contribution is -0.153. The zero-order chi connectivity index (χ0) is 17.6. The summed E-state index contributed by atoms with van der Waals surface area (Å²) in [4.78, 5) is 4.27. The SMILES string of the molecule is COc1cc(CNC(C)c2ccccn2)ccc1OCC(F)(F)F. The van der Waals surface area contributed by atoms with Crippen LogP contribution in [-0.2, 0) is 6.54 Å². The van der Waals surface area contributed by atoms with Crippen LogP contribution < -0.4 is 14.8 Å². The van der Waals surface area contributed by atoms with E-state index in [1.54, 1.807) is 18.3 Å². The fraction of sp³-hybridized carbons (Fsp3) is 0.353. The van der Waals surface area contributed by atoms with E-state index in [4.69, 9.17) is 9.47 Å². The molecule has 2 rings (SSSR count). The van der Waals surface area contributed by atoms with Gasteiger partial charge in [0.25, 0.3) is 0 Å². The Labute approximate surface area is 138 Å². The highest BCUT2D eigenvalue weighted by Gasteiger charge is 2.29. The number of benzene rings is 1. The van der Waals surface area contributed by atoms with Crippen molar-refractivity contribution in [2.45, 2.75) is 25.7 Å². The number of aromatic nitrogens is 1. The number of alkyl halides is 3. The molecule has 1 aromatic heterocycles. The summed E-state index contributed by atoms with van der Waals surface area (Å²) in [5.41, 5.74) is 1.78. The lowest BCUT2D eigenvalue weighted by Gasteiger charge is -2.16. The molecule has 1 aromatic carbocycles. The zero-order valence-electron chi connectivity index (χ0n) is 13.4. The van der Waals surface area contributed by atoms with Crippen molar-refractivity contribution in [1.82, 2.24) is 10.3 Å². The fourth-order valence-electron chi connectivity index (χ4n) is 2.11. The molecule has 2 aromatic rings. The predicted molar refractivity (Wildman–Crippen MR) is 84.0 cm³/mol. The Morgan fingerprint density at radius 3 is 2.58 bits per heavy atom. The molecule has 0 aliphatic heterocycles. The van der Waals surface area contributed by atoms with Crippen LogP contribution in [0.1, 0.15) is 24.2 Å². The number of nitrogens with zero attached hydrogens (tertiary/aromatic N) is 1. The summed E-state index contributed by atoms with van der Waals surface area (Å²) in [5, 5.41) is 3.30. The highest BCUT2D eigenvalue weighted by atomic mass is 19.4. The summed E-state index contributed by atoms with van der Waals surface area (Å²) in [7, 11) is 1.39. The monoisotopic (exact) mass is 340 g/mol. The Bertz CT molecular complexity index is 648. The predicted octanol–water partition coefficient (Wildman–Crippen LogP) is 3.88. The van der Waals surface area contributed by atoms with E-state index in [-0.39, 0.29) is 17.5 Å². The summed E-state index contributed by atoms with van der Waals surface area (Å²) in [6, 6.07) is 10.6. The topological polar surface area (TPSA) is 43.4 Å². The molecule has 0 aliphatic rings. The molecule has 0 saturated heterocycles. The van der Waals surface area contributed by atoms with E-state index < -0.39 is 12.8 Å². The average Bonchev–Trinajstić information content (AvgIpc) is 2.58. The molecule has 1 atom stereocenters. The number of hydrogen-bond acceptors (Lipinski definition) is 4. The van der Waals surface area contributed by atoms with Gasteiger partial charge >= 0.3 is 6.18 Å². The van der Waals surface area contributed by atoms with Gasteiger partial charge in [0.1, 0.15) is 0 Å². The molecule has 4 nitrogen and oxygen atoms in total. The lowest BCUT2D eigenvalue weighted by Crippen LogP contribution is -2.20. The minimum atomic E-state index is -4.39. The average molecular weight is 340 g/mol. The van der Waals surface area contributed by atoms with Crippen LogP contribution in [0.5, 0.6) is 11.5 Å². The van der Waals surface area contributed by atoms with Gasteiger partial charge in [0.15, 0.2) is 18.1 Å². The normalized spacial score (nSPS) is 12.7. The molecule has 0 spiro atoms. The van der Waals surface area contributed by atoms with Gasteiger partial charge in [0, 0.05) is 18.8 Å². The number of rotatable bonds is 7. The lowest BCUT2D eigenvalue weighted by atomic mass is 10.1. The van der Waals surface area contributed by atoms with Crippen LogP contribution >= 0.6 is 0 Å². The number of nitrogens with one attached hydrogen (secondary N) is 1. The van der Waals surface area contributed by atoms with E-state index in [9.17, 15) is 13.2 Å². The Balaban J connectivity index is 1.99. The molecule has 130 valence electrons. The largest absolute Gasteiger partial charge is 0.493 e. The summed E-state index contributed by atoms with van der Waals surface area (Å²) in [6.45, 7) is 1.16. The summed E-state index contributed by atoms with van der Waals surface area (Å²) in [6.07, 6.45) is -2.66. The number of methoxy groups -OCH3 is 1. The van der Waals surface area contributed by atoms with Gasteiger partial charge < -0.3 is 14.8 Å². The minimum absolute atomic E-state index is 0.0401. The first-order valence-corrected chi connectivity index (χ1v) is 7.40. The van der Waals surface area contributed by atoms with Gasteiger partial charge in [-0.25, -0.2) is 0 Å². The molecule has 1 unspecified atom stereocenters. The molecule has 0 amide bonds. The van der Waals surface area contributed by atoms with E-state index >= 15 is 0 Å². The summed E-state index contributed by atoms with van der Waals surface area (Å²) in [5.74, 6) is 0.334. The number of hydrogen-bond donors (Lipinski definition) is 1. The third-order valence-electron chi connectivity index (χ3n) is 3.36. The quantitative estimate of drug-likeness (QED) is 0.831.